The minimum atomic E-state index is -0.538. The van der Waals surface area contributed by atoms with Crippen LogP contribution in [0, 0.1) is 17.7 Å². The van der Waals surface area contributed by atoms with E-state index in [1.54, 1.807) is 0 Å². The highest BCUT2D eigenvalue weighted by Gasteiger charge is 2.27. The molecule has 0 radical (unpaired) electrons. The summed E-state index contributed by atoms with van der Waals surface area (Å²) in [6, 6.07) is 0. The van der Waals surface area contributed by atoms with Crippen LogP contribution in [-0.4, -0.2) is 39.1 Å². The maximum absolute atomic E-state index is 14.5. The lowest BCUT2D eigenvalue weighted by Crippen LogP contribution is -2.38. The van der Waals surface area contributed by atoms with E-state index < -0.39 is 11.7 Å². The molecule has 150 valence electrons. The van der Waals surface area contributed by atoms with Crippen LogP contribution in [0.1, 0.15) is 63.2 Å². The molecule has 27 heavy (non-hydrogen) atoms. The van der Waals surface area contributed by atoms with Gasteiger partial charge in [0.25, 0.3) is 0 Å². The smallest absolute Gasteiger partial charge is 0.233 e. The van der Waals surface area contributed by atoms with Crippen LogP contribution in [0.15, 0.2) is 0 Å². The van der Waals surface area contributed by atoms with E-state index >= 15 is 0 Å². The maximum atomic E-state index is 14.5. The average Bonchev–Trinajstić information content (AvgIpc) is 3.19. The molecule has 0 spiro atoms. The number of rotatable bonds is 10. The van der Waals surface area contributed by atoms with E-state index in [-0.39, 0.29) is 24.7 Å². The lowest BCUT2D eigenvalue weighted by molar-refractivity contribution is -0.155. The average molecular weight is 380 g/mol. The standard InChI is InChI=1S/C19H29FN4O3/c1-3-15-18(20)16(23-17(4-2)22-15)10-21-19(26)14(11-24(27)12-25)9-13-7-5-6-8-13/h12-14,27H,3-11H2,1-2H3,(H,21,26)/t14-/m1/s1. The van der Waals surface area contributed by atoms with E-state index in [0.29, 0.717) is 48.2 Å². The second-order valence-electron chi connectivity index (χ2n) is 7.08. The van der Waals surface area contributed by atoms with Crippen LogP contribution in [0.3, 0.4) is 0 Å². The van der Waals surface area contributed by atoms with Crippen molar-refractivity contribution in [2.75, 3.05) is 6.54 Å². The van der Waals surface area contributed by atoms with Crippen molar-refractivity contribution < 1.29 is 19.2 Å². The molecule has 7 nitrogen and oxygen atoms in total. The molecule has 1 heterocycles. The van der Waals surface area contributed by atoms with Gasteiger partial charge in [0, 0.05) is 6.42 Å². The van der Waals surface area contributed by atoms with Crippen molar-refractivity contribution in [3.05, 3.63) is 23.0 Å². The Labute approximate surface area is 159 Å². The predicted molar refractivity (Wildman–Crippen MR) is 97.2 cm³/mol. The molecule has 0 saturated heterocycles. The second-order valence-corrected chi connectivity index (χ2v) is 7.08. The quantitative estimate of drug-likeness (QED) is 0.369. The Balaban J connectivity index is 2.06. The van der Waals surface area contributed by atoms with Crippen molar-refractivity contribution in [3.8, 4) is 0 Å². The van der Waals surface area contributed by atoms with E-state index in [4.69, 9.17) is 0 Å². The fourth-order valence-electron chi connectivity index (χ4n) is 3.61. The summed E-state index contributed by atoms with van der Waals surface area (Å²) in [5.74, 6) is -0.377. The number of carbonyl (C=O) groups is 2. The van der Waals surface area contributed by atoms with Crippen molar-refractivity contribution in [3.63, 3.8) is 0 Å². The van der Waals surface area contributed by atoms with E-state index in [1.165, 1.54) is 0 Å². The third kappa shape index (κ3) is 5.95. The van der Waals surface area contributed by atoms with Gasteiger partial charge in [-0.25, -0.2) is 19.4 Å². The van der Waals surface area contributed by atoms with Gasteiger partial charge in [0.05, 0.1) is 30.4 Å². The molecular formula is C19H29FN4O3. The molecule has 1 aliphatic rings. The second kappa shape index (κ2) is 10.3. The highest BCUT2D eigenvalue weighted by molar-refractivity contribution is 5.79. The van der Waals surface area contributed by atoms with Gasteiger partial charge in [-0.2, -0.15) is 0 Å². The van der Waals surface area contributed by atoms with Crippen LogP contribution in [0.4, 0.5) is 4.39 Å². The van der Waals surface area contributed by atoms with Crippen molar-refractivity contribution in [2.45, 2.75) is 65.3 Å². The summed E-state index contributed by atoms with van der Waals surface area (Å²) in [6.07, 6.45) is 6.31. The number of hydroxylamine groups is 2. The fourth-order valence-corrected chi connectivity index (χ4v) is 3.61. The SMILES string of the molecule is CCc1nc(CC)c(F)c(CNC(=O)[C@H](CC2CCCC2)CN(O)C=O)n1. The minimum Gasteiger partial charge on any atom is -0.350 e. The summed E-state index contributed by atoms with van der Waals surface area (Å²) in [6.45, 7) is 3.60. The van der Waals surface area contributed by atoms with Crippen LogP contribution >= 0.6 is 0 Å². The lowest BCUT2D eigenvalue weighted by atomic mass is 9.92. The van der Waals surface area contributed by atoms with E-state index in [0.717, 1.165) is 25.7 Å². The number of aryl methyl sites for hydroxylation is 2. The lowest BCUT2D eigenvalue weighted by Gasteiger charge is -2.22. The van der Waals surface area contributed by atoms with Crippen LogP contribution in [0.25, 0.3) is 0 Å². The molecule has 1 atom stereocenters. The van der Waals surface area contributed by atoms with E-state index in [1.807, 2.05) is 13.8 Å². The Bertz CT molecular complexity index is 650. The Morgan fingerprint density at radius 2 is 1.96 bits per heavy atom. The van der Waals surface area contributed by atoms with Crippen LogP contribution in [-0.2, 0) is 29.0 Å². The normalized spacial score (nSPS) is 15.6. The summed E-state index contributed by atoms with van der Waals surface area (Å²) >= 11 is 0. The number of nitrogens with one attached hydrogen (secondary N) is 1. The van der Waals surface area contributed by atoms with Gasteiger partial charge in [-0.15, -0.1) is 0 Å². The largest absolute Gasteiger partial charge is 0.350 e. The van der Waals surface area contributed by atoms with Crippen LogP contribution in [0.2, 0.25) is 0 Å². The molecule has 2 N–H and O–H groups in total. The van der Waals surface area contributed by atoms with Gasteiger partial charge < -0.3 is 5.32 Å². The first-order valence-corrected chi connectivity index (χ1v) is 9.71. The molecule has 0 aromatic carbocycles. The Morgan fingerprint density at radius 1 is 1.30 bits per heavy atom. The van der Waals surface area contributed by atoms with Gasteiger partial charge in [0.2, 0.25) is 12.3 Å². The van der Waals surface area contributed by atoms with Crippen LogP contribution < -0.4 is 5.32 Å². The molecule has 1 fully saturated rings. The van der Waals surface area contributed by atoms with Crippen LogP contribution in [0.5, 0.6) is 0 Å². The van der Waals surface area contributed by atoms with Crippen molar-refractivity contribution >= 4 is 12.3 Å². The summed E-state index contributed by atoms with van der Waals surface area (Å²) < 4.78 is 14.5. The van der Waals surface area contributed by atoms with E-state index in [9.17, 15) is 19.2 Å². The highest BCUT2D eigenvalue weighted by Crippen LogP contribution is 2.30. The van der Waals surface area contributed by atoms with Gasteiger partial charge in [-0.1, -0.05) is 39.5 Å². The molecule has 1 aromatic heterocycles. The molecule has 8 heteroatoms. The number of hydrogen-bond acceptors (Lipinski definition) is 5. The molecule has 0 bridgehead atoms. The van der Waals surface area contributed by atoms with Gasteiger partial charge in [0.15, 0.2) is 5.82 Å². The monoisotopic (exact) mass is 380 g/mol. The van der Waals surface area contributed by atoms with Crippen molar-refractivity contribution in [1.29, 1.82) is 0 Å². The van der Waals surface area contributed by atoms with Gasteiger partial charge >= 0.3 is 0 Å². The first-order chi connectivity index (χ1) is 13.0. The summed E-state index contributed by atoms with van der Waals surface area (Å²) in [4.78, 5) is 31.8. The number of halogens is 1. The summed E-state index contributed by atoms with van der Waals surface area (Å²) in [7, 11) is 0. The maximum Gasteiger partial charge on any atom is 0.233 e. The Hall–Kier alpha value is -2.09. The zero-order chi connectivity index (χ0) is 19.8. The van der Waals surface area contributed by atoms with Gasteiger partial charge in [0.1, 0.15) is 5.82 Å². The van der Waals surface area contributed by atoms with Gasteiger partial charge in [-0.3, -0.25) is 14.8 Å². The molecular weight excluding hydrogens is 351 g/mol. The molecule has 1 saturated carbocycles. The number of carbonyl (C=O) groups excluding carboxylic acids is 2. The molecule has 2 amide bonds. The minimum absolute atomic E-state index is 0.0408. The third-order valence-electron chi connectivity index (χ3n) is 5.11. The summed E-state index contributed by atoms with van der Waals surface area (Å²) in [5, 5.41) is 12.7. The van der Waals surface area contributed by atoms with E-state index in [2.05, 4.69) is 15.3 Å². The first kappa shape index (κ1) is 21.2. The third-order valence-corrected chi connectivity index (χ3v) is 5.11. The highest BCUT2D eigenvalue weighted by atomic mass is 19.1. The molecule has 2 rings (SSSR count). The molecule has 0 unspecified atom stereocenters. The first-order valence-electron chi connectivity index (χ1n) is 9.71. The van der Waals surface area contributed by atoms with Gasteiger partial charge in [-0.05, 0) is 18.8 Å². The number of hydrogen-bond donors (Lipinski definition) is 2. The number of aromatic nitrogens is 2. The zero-order valence-corrected chi connectivity index (χ0v) is 16.1. The Kier molecular flexibility index (Phi) is 8.09. The van der Waals surface area contributed by atoms with Crippen molar-refractivity contribution in [1.82, 2.24) is 20.3 Å². The molecule has 1 aromatic rings. The summed E-state index contributed by atoms with van der Waals surface area (Å²) in [5.41, 5.74) is 0.513. The number of amides is 2. The topological polar surface area (TPSA) is 95.4 Å². The molecule has 0 aliphatic heterocycles. The predicted octanol–water partition coefficient (Wildman–Crippen LogP) is 2.40. The number of nitrogens with zero attached hydrogens (tertiary/aromatic N) is 3. The fraction of sp³-hybridized carbons (Fsp3) is 0.684. The Morgan fingerprint density at radius 3 is 2.56 bits per heavy atom. The zero-order valence-electron chi connectivity index (χ0n) is 16.1. The molecule has 1 aliphatic carbocycles. The van der Waals surface area contributed by atoms with Crippen molar-refractivity contribution in [2.24, 2.45) is 11.8 Å².